The van der Waals surface area contributed by atoms with Crippen LogP contribution in [0.5, 0.6) is 0 Å². The summed E-state index contributed by atoms with van der Waals surface area (Å²) in [5.41, 5.74) is 2.43. The highest BCUT2D eigenvalue weighted by Gasteiger charge is 2.53. The third-order valence-corrected chi connectivity index (χ3v) is 8.32. The van der Waals surface area contributed by atoms with Crippen LogP contribution < -0.4 is 10.6 Å². The zero-order chi connectivity index (χ0) is 24.8. The van der Waals surface area contributed by atoms with Gasteiger partial charge in [-0.3, -0.25) is 4.79 Å². The van der Waals surface area contributed by atoms with Crippen LogP contribution in [0, 0.1) is 11.3 Å². The number of alkyl carbamates (subject to hydrolysis) is 1. The molecule has 2 amide bonds. The summed E-state index contributed by atoms with van der Waals surface area (Å²) >= 11 is 0. The predicted octanol–water partition coefficient (Wildman–Crippen LogP) is 4.45. The van der Waals surface area contributed by atoms with Gasteiger partial charge in [-0.1, -0.05) is 55.0 Å². The molecule has 3 aliphatic carbocycles. The molecular formula is C28H32N2O5. The fourth-order valence-corrected chi connectivity index (χ4v) is 5.82. The highest BCUT2D eigenvalue weighted by Crippen LogP contribution is 2.45. The van der Waals surface area contributed by atoms with E-state index in [1.54, 1.807) is 13.8 Å². The van der Waals surface area contributed by atoms with Gasteiger partial charge in [0.15, 0.2) is 0 Å². The number of ether oxygens (including phenoxy) is 1. The Morgan fingerprint density at radius 2 is 1.63 bits per heavy atom. The molecule has 2 aromatic rings. The first-order chi connectivity index (χ1) is 16.7. The zero-order valence-electron chi connectivity index (χ0n) is 20.2. The minimum absolute atomic E-state index is 0.0405. The van der Waals surface area contributed by atoms with Gasteiger partial charge in [0.25, 0.3) is 0 Å². The first-order valence-corrected chi connectivity index (χ1v) is 12.4. The average molecular weight is 477 g/mol. The fraction of sp³-hybridized carbons (Fsp3) is 0.464. The Balaban J connectivity index is 1.25. The SMILES string of the molecule is CC1(C(=O)NC(C)(C(=O)O)C2CC2)CCCC1NC(=O)OCC1c2ccccc2-c2ccccc21. The summed E-state index contributed by atoms with van der Waals surface area (Å²) in [4.78, 5) is 38.0. The lowest BCUT2D eigenvalue weighted by Gasteiger charge is -2.35. The maximum absolute atomic E-state index is 13.3. The number of carboxylic acid groups (broad SMARTS) is 1. The van der Waals surface area contributed by atoms with E-state index in [0.717, 1.165) is 41.5 Å². The zero-order valence-corrected chi connectivity index (χ0v) is 20.2. The molecule has 2 aromatic carbocycles. The molecule has 0 aliphatic heterocycles. The summed E-state index contributed by atoms with van der Waals surface area (Å²) in [5, 5.41) is 15.5. The summed E-state index contributed by atoms with van der Waals surface area (Å²) < 4.78 is 5.69. The van der Waals surface area contributed by atoms with E-state index in [4.69, 9.17) is 4.74 Å². The molecule has 7 nitrogen and oxygen atoms in total. The van der Waals surface area contributed by atoms with Gasteiger partial charge in [-0.2, -0.15) is 0 Å². The molecule has 184 valence electrons. The smallest absolute Gasteiger partial charge is 0.407 e. The van der Waals surface area contributed by atoms with Crippen LogP contribution in [0.2, 0.25) is 0 Å². The van der Waals surface area contributed by atoms with Crippen molar-refractivity contribution >= 4 is 18.0 Å². The third-order valence-electron chi connectivity index (χ3n) is 8.32. The lowest BCUT2D eigenvalue weighted by Crippen LogP contribution is -2.60. The topological polar surface area (TPSA) is 105 Å². The molecule has 3 aliphatic rings. The second kappa shape index (κ2) is 8.70. The maximum Gasteiger partial charge on any atom is 0.407 e. The average Bonchev–Trinajstić information content (AvgIpc) is 3.57. The molecule has 3 atom stereocenters. The van der Waals surface area contributed by atoms with Gasteiger partial charge in [0.2, 0.25) is 5.91 Å². The first kappa shape index (κ1) is 23.4. The summed E-state index contributed by atoms with van der Waals surface area (Å²) in [6.07, 6.45) is 3.02. The molecule has 0 heterocycles. The summed E-state index contributed by atoms with van der Waals surface area (Å²) in [5.74, 6) is -1.43. The molecule has 5 rings (SSSR count). The van der Waals surface area contributed by atoms with Crippen LogP contribution in [0.15, 0.2) is 48.5 Å². The Labute approximate surface area is 205 Å². The second-order valence-electron chi connectivity index (χ2n) is 10.6. The molecule has 3 unspecified atom stereocenters. The highest BCUT2D eigenvalue weighted by molar-refractivity contribution is 5.91. The van der Waals surface area contributed by atoms with Crippen LogP contribution in [0.4, 0.5) is 4.79 Å². The number of carboxylic acids is 1. The standard InChI is InChI=1S/C28H32N2O5/c1-27(24(31)30-28(2,25(32)33)17-13-14-17)15-7-12-23(27)29-26(34)35-16-22-20-10-5-3-8-18(20)19-9-4-6-11-21(19)22/h3-6,8-11,17,22-23H,7,12-16H2,1-2H3,(H,29,34)(H,30,31)(H,32,33). The quantitative estimate of drug-likeness (QED) is 0.548. The summed E-state index contributed by atoms with van der Waals surface area (Å²) in [6.45, 7) is 3.59. The molecule has 3 N–H and O–H groups in total. The number of amides is 2. The number of fused-ring (bicyclic) bond motifs is 3. The number of aliphatic carboxylic acids is 1. The van der Waals surface area contributed by atoms with Gasteiger partial charge >= 0.3 is 12.1 Å². The van der Waals surface area contributed by atoms with Crippen molar-refractivity contribution in [3.8, 4) is 11.1 Å². The van der Waals surface area contributed by atoms with Crippen molar-refractivity contribution in [1.82, 2.24) is 10.6 Å². The summed E-state index contributed by atoms with van der Waals surface area (Å²) in [6, 6.07) is 15.9. The summed E-state index contributed by atoms with van der Waals surface area (Å²) in [7, 11) is 0. The van der Waals surface area contributed by atoms with Crippen molar-refractivity contribution in [2.45, 2.75) is 63.5 Å². The van der Waals surface area contributed by atoms with Crippen molar-refractivity contribution < 1.29 is 24.2 Å². The van der Waals surface area contributed by atoms with E-state index in [9.17, 15) is 19.5 Å². The van der Waals surface area contributed by atoms with Crippen LogP contribution >= 0.6 is 0 Å². The Morgan fingerprint density at radius 1 is 1.03 bits per heavy atom. The monoisotopic (exact) mass is 476 g/mol. The van der Waals surface area contributed by atoms with Crippen molar-refractivity contribution in [3.05, 3.63) is 59.7 Å². The fourth-order valence-electron chi connectivity index (χ4n) is 5.82. The van der Waals surface area contributed by atoms with E-state index in [1.807, 2.05) is 24.3 Å². The molecule has 7 heteroatoms. The molecule has 0 aromatic heterocycles. The number of benzene rings is 2. The van der Waals surface area contributed by atoms with Crippen LogP contribution in [-0.2, 0) is 14.3 Å². The minimum atomic E-state index is -1.28. The maximum atomic E-state index is 13.3. The molecule has 2 fully saturated rings. The van der Waals surface area contributed by atoms with Crippen LogP contribution in [-0.4, -0.2) is 41.3 Å². The highest BCUT2D eigenvalue weighted by atomic mass is 16.5. The Kier molecular flexibility index (Phi) is 5.82. The van der Waals surface area contributed by atoms with E-state index in [1.165, 1.54) is 0 Å². The van der Waals surface area contributed by atoms with E-state index in [2.05, 4.69) is 34.9 Å². The number of carbonyl (C=O) groups is 3. The Bertz CT molecular complexity index is 1130. The van der Waals surface area contributed by atoms with Crippen LogP contribution in [0.1, 0.15) is 63.0 Å². The van der Waals surface area contributed by atoms with Gasteiger partial charge in [-0.05, 0) is 67.7 Å². The lowest BCUT2D eigenvalue weighted by atomic mass is 9.82. The number of nitrogens with one attached hydrogen (secondary N) is 2. The predicted molar refractivity (Wildman–Crippen MR) is 131 cm³/mol. The largest absolute Gasteiger partial charge is 0.480 e. The lowest BCUT2D eigenvalue weighted by molar-refractivity contribution is -0.150. The van der Waals surface area contributed by atoms with Gasteiger partial charge in [-0.25, -0.2) is 9.59 Å². The van der Waals surface area contributed by atoms with Crippen molar-refractivity contribution in [3.63, 3.8) is 0 Å². The second-order valence-corrected chi connectivity index (χ2v) is 10.6. The van der Waals surface area contributed by atoms with Gasteiger partial charge in [0.1, 0.15) is 12.1 Å². The van der Waals surface area contributed by atoms with Gasteiger partial charge in [0.05, 0.1) is 5.41 Å². The molecule has 35 heavy (non-hydrogen) atoms. The number of hydrogen-bond donors (Lipinski definition) is 3. The first-order valence-electron chi connectivity index (χ1n) is 12.4. The molecule has 0 bridgehead atoms. The van der Waals surface area contributed by atoms with Crippen molar-refractivity contribution in [1.29, 1.82) is 0 Å². The normalized spacial score (nSPS) is 24.7. The number of hydrogen-bond acceptors (Lipinski definition) is 4. The minimum Gasteiger partial charge on any atom is -0.480 e. The van der Waals surface area contributed by atoms with E-state index < -0.39 is 29.1 Å². The Hall–Kier alpha value is -3.35. The molecule has 2 saturated carbocycles. The van der Waals surface area contributed by atoms with Crippen LogP contribution in [0.3, 0.4) is 0 Å². The molecule has 0 radical (unpaired) electrons. The van der Waals surface area contributed by atoms with Gasteiger partial charge < -0.3 is 20.5 Å². The number of rotatable bonds is 7. The third kappa shape index (κ3) is 4.07. The number of carbonyl (C=O) groups excluding carboxylic acids is 2. The van der Waals surface area contributed by atoms with Crippen LogP contribution in [0.25, 0.3) is 11.1 Å². The molecule has 0 spiro atoms. The van der Waals surface area contributed by atoms with Gasteiger partial charge in [-0.15, -0.1) is 0 Å². The van der Waals surface area contributed by atoms with Gasteiger partial charge in [0, 0.05) is 12.0 Å². The molecular weight excluding hydrogens is 444 g/mol. The van der Waals surface area contributed by atoms with Crippen molar-refractivity contribution in [2.75, 3.05) is 6.61 Å². The van der Waals surface area contributed by atoms with E-state index in [-0.39, 0.29) is 24.3 Å². The Morgan fingerprint density at radius 3 is 2.20 bits per heavy atom. The van der Waals surface area contributed by atoms with E-state index >= 15 is 0 Å². The van der Waals surface area contributed by atoms with Crippen molar-refractivity contribution in [2.24, 2.45) is 11.3 Å². The van der Waals surface area contributed by atoms with E-state index in [0.29, 0.717) is 12.8 Å². The molecule has 0 saturated heterocycles.